The van der Waals surface area contributed by atoms with E-state index in [4.69, 9.17) is 0 Å². The molecule has 1 N–H and O–H groups in total. The van der Waals surface area contributed by atoms with Crippen molar-refractivity contribution < 1.29 is 4.39 Å². The van der Waals surface area contributed by atoms with Gasteiger partial charge in [-0.15, -0.1) is 0 Å². The summed E-state index contributed by atoms with van der Waals surface area (Å²) in [6.07, 6.45) is 2.30. The molecule has 1 aliphatic heterocycles. The third-order valence-electron chi connectivity index (χ3n) is 3.16. The van der Waals surface area contributed by atoms with Crippen molar-refractivity contribution in [2.75, 3.05) is 24.5 Å². The molecule has 1 saturated heterocycles. The lowest BCUT2D eigenvalue weighted by Gasteiger charge is -2.35. The van der Waals surface area contributed by atoms with Gasteiger partial charge in [-0.2, -0.15) is 0 Å². The summed E-state index contributed by atoms with van der Waals surface area (Å²) in [5.74, 6) is -0.142. The summed E-state index contributed by atoms with van der Waals surface area (Å²) in [6.45, 7) is 4.92. The first-order valence-electron chi connectivity index (χ1n) is 6.14. The highest BCUT2D eigenvalue weighted by Gasteiger charge is 2.21. The average Bonchev–Trinajstić information content (AvgIpc) is 2.29. The Hall–Kier alpha value is -0.610. The van der Waals surface area contributed by atoms with Crippen molar-refractivity contribution in [2.24, 2.45) is 0 Å². The summed E-state index contributed by atoms with van der Waals surface area (Å²) in [5, 5.41) is 3.44. The first kappa shape index (κ1) is 12.8. The van der Waals surface area contributed by atoms with Gasteiger partial charge in [0.2, 0.25) is 0 Å². The molecule has 1 unspecified atom stereocenters. The van der Waals surface area contributed by atoms with Crippen LogP contribution in [0, 0.1) is 5.82 Å². The van der Waals surface area contributed by atoms with Gasteiger partial charge < -0.3 is 10.2 Å². The Bertz CT molecular complexity index is 382. The van der Waals surface area contributed by atoms with Crippen LogP contribution >= 0.6 is 15.9 Å². The van der Waals surface area contributed by atoms with Gasteiger partial charge in [0.15, 0.2) is 0 Å². The van der Waals surface area contributed by atoms with Crippen LogP contribution in [-0.4, -0.2) is 25.7 Å². The summed E-state index contributed by atoms with van der Waals surface area (Å²) in [6, 6.07) is 5.77. The molecular formula is C13H18BrFN2. The van der Waals surface area contributed by atoms with E-state index in [0.29, 0.717) is 6.04 Å². The first-order chi connectivity index (χ1) is 8.20. The Morgan fingerprint density at radius 1 is 1.53 bits per heavy atom. The summed E-state index contributed by atoms with van der Waals surface area (Å²) in [4.78, 5) is 2.14. The Labute approximate surface area is 110 Å². The Kier molecular flexibility index (Phi) is 4.40. The number of halogens is 2. The van der Waals surface area contributed by atoms with Gasteiger partial charge in [-0.1, -0.05) is 22.9 Å². The number of anilines is 1. The molecule has 0 aliphatic carbocycles. The van der Waals surface area contributed by atoms with Gasteiger partial charge in [0.25, 0.3) is 0 Å². The Morgan fingerprint density at radius 2 is 2.35 bits per heavy atom. The largest absolute Gasteiger partial charge is 0.368 e. The maximum atomic E-state index is 13.9. The van der Waals surface area contributed by atoms with Crippen LogP contribution in [0.5, 0.6) is 0 Å². The number of nitrogens with zero attached hydrogens (tertiary/aromatic N) is 1. The van der Waals surface area contributed by atoms with Crippen LogP contribution in [0.25, 0.3) is 0 Å². The molecule has 94 valence electrons. The molecule has 0 saturated carbocycles. The lowest BCUT2D eigenvalue weighted by atomic mass is 10.0. The van der Waals surface area contributed by atoms with E-state index in [0.717, 1.165) is 36.2 Å². The lowest BCUT2D eigenvalue weighted by molar-refractivity contribution is 0.428. The first-order valence-corrected chi connectivity index (χ1v) is 6.93. The molecule has 1 aliphatic rings. The summed E-state index contributed by atoms with van der Waals surface area (Å²) >= 11 is 3.29. The van der Waals surface area contributed by atoms with Gasteiger partial charge in [0.1, 0.15) is 5.82 Å². The predicted molar refractivity (Wildman–Crippen MR) is 73.0 cm³/mol. The molecular weight excluding hydrogens is 283 g/mol. The number of likely N-dealkylation sites (N-methyl/N-ethyl adjacent to an activating group) is 1. The number of rotatable bonds is 3. The van der Waals surface area contributed by atoms with Gasteiger partial charge in [-0.3, -0.25) is 0 Å². The zero-order chi connectivity index (χ0) is 12.3. The standard InChI is InChI=1S/C13H18BrFN2/c1-2-16-11-4-3-7-17(9-11)13-6-5-10(14)8-12(13)15/h5-6,8,11,16H,2-4,7,9H2,1H3. The summed E-state index contributed by atoms with van der Waals surface area (Å²) < 4.78 is 14.6. The molecule has 1 aromatic rings. The van der Waals surface area contributed by atoms with Crippen LogP contribution in [0.2, 0.25) is 0 Å². The van der Waals surface area contributed by atoms with Crippen LogP contribution in [0.1, 0.15) is 19.8 Å². The number of nitrogens with one attached hydrogen (secondary N) is 1. The number of piperidine rings is 1. The van der Waals surface area contributed by atoms with Crippen molar-refractivity contribution in [3.05, 3.63) is 28.5 Å². The van der Waals surface area contributed by atoms with E-state index < -0.39 is 0 Å². The molecule has 2 rings (SSSR count). The number of hydrogen-bond acceptors (Lipinski definition) is 2. The fraction of sp³-hybridized carbons (Fsp3) is 0.538. The number of hydrogen-bond donors (Lipinski definition) is 1. The van der Waals surface area contributed by atoms with Gasteiger partial charge in [0, 0.05) is 23.6 Å². The fourth-order valence-electron chi connectivity index (χ4n) is 2.39. The van der Waals surface area contributed by atoms with E-state index in [2.05, 4.69) is 33.1 Å². The van der Waals surface area contributed by atoms with Crippen LogP contribution in [-0.2, 0) is 0 Å². The van der Waals surface area contributed by atoms with E-state index in [9.17, 15) is 4.39 Å². The Balaban J connectivity index is 2.10. The van der Waals surface area contributed by atoms with Crippen molar-refractivity contribution in [3.63, 3.8) is 0 Å². The summed E-state index contributed by atoms with van der Waals surface area (Å²) in [7, 11) is 0. The fourth-order valence-corrected chi connectivity index (χ4v) is 2.72. The minimum absolute atomic E-state index is 0.142. The third-order valence-corrected chi connectivity index (χ3v) is 3.66. The molecule has 1 heterocycles. The molecule has 0 bridgehead atoms. The zero-order valence-corrected chi connectivity index (χ0v) is 11.6. The van der Waals surface area contributed by atoms with Crippen LogP contribution < -0.4 is 10.2 Å². The minimum Gasteiger partial charge on any atom is -0.368 e. The van der Waals surface area contributed by atoms with Crippen LogP contribution in [0.15, 0.2) is 22.7 Å². The monoisotopic (exact) mass is 300 g/mol. The second-order valence-electron chi connectivity index (χ2n) is 4.44. The van der Waals surface area contributed by atoms with E-state index >= 15 is 0 Å². The maximum Gasteiger partial charge on any atom is 0.147 e. The molecule has 0 radical (unpaired) electrons. The highest BCUT2D eigenvalue weighted by molar-refractivity contribution is 9.10. The molecule has 17 heavy (non-hydrogen) atoms. The molecule has 1 atom stereocenters. The van der Waals surface area contributed by atoms with Crippen molar-refractivity contribution in [3.8, 4) is 0 Å². The molecule has 1 aromatic carbocycles. The molecule has 0 aromatic heterocycles. The lowest BCUT2D eigenvalue weighted by Crippen LogP contribution is -2.46. The van der Waals surface area contributed by atoms with E-state index in [1.54, 1.807) is 0 Å². The molecule has 0 spiro atoms. The molecule has 4 heteroatoms. The van der Waals surface area contributed by atoms with Gasteiger partial charge in [-0.05, 0) is 37.6 Å². The normalized spacial score (nSPS) is 20.6. The number of benzene rings is 1. The highest BCUT2D eigenvalue weighted by Crippen LogP contribution is 2.25. The predicted octanol–water partition coefficient (Wildman–Crippen LogP) is 3.17. The van der Waals surface area contributed by atoms with Crippen molar-refractivity contribution in [1.29, 1.82) is 0 Å². The average molecular weight is 301 g/mol. The second-order valence-corrected chi connectivity index (χ2v) is 5.35. The van der Waals surface area contributed by atoms with E-state index in [1.165, 1.54) is 12.5 Å². The maximum absolute atomic E-state index is 13.9. The minimum atomic E-state index is -0.142. The van der Waals surface area contributed by atoms with Crippen molar-refractivity contribution in [1.82, 2.24) is 5.32 Å². The van der Waals surface area contributed by atoms with Crippen LogP contribution in [0.4, 0.5) is 10.1 Å². The van der Waals surface area contributed by atoms with Crippen molar-refractivity contribution in [2.45, 2.75) is 25.8 Å². The van der Waals surface area contributed by atoms with E-state index in [1.807, 2.05) is 12.1 Å². The zero-order valence-electron chi connectivity index (χ0n) is 10.0. The third kappa shape index (κ3) is 3.19. The molecule has 0 amide bonds. The van der Waals surface area contributed by atoms with Gasteiger partial charge >= 0.3 is 0 Å². The Morgan fingerprint density at radius 3 is 3.06 bits per heavy atom. The molecule has 1 fully saturated rings. The smallest absolute Gasteiger partial charge is 0.147 e. The second kappa shape index (κ2) is 5.83. The van der Waals surface area contributed by atoms with Crippen LogP contribution in [0.3, 0.4) is 0 Å². The molecule has 2 nitrogen and oxygen atoms in total. The SMILES string of the molecule is CCNC1CCCN(c2ccc(Br)cc2F)C1. The summed E-state index contributed by atoms with van der Waals surface area (Å²) in [5.41, 5.74) is 0.718. The van der Waals surface area contributed by atoms with E-state index in [-0.39, 0.29) is 5.82 Å². The highest BCUT2D eigenvalue weighted by atomic mass is 79.9. The topological polar surface area (TPSA) is 15.3 Å². The van der Waals surface area contributed by atoms with Gasteiger partial charge in [0.05, 0.1) is 5.69 Å². The van der Waals surface area contributed by atoms with Crippen molar-refractivity contribution >= 4 is 21.6 Å². The quantitative estimate of drug-likeness (QED) is 0.922. The van der Waals surface area contributed by atoms with Gasteiger partial charge in [-0.25, -0.2) is 4.39 Å².